The first-order valence-electron chi connectivity index (χ1n) is 6.19. The normalized spacial score (nSPS) is 10.2. The highest BCUT2D eigenvalue weighted by molar-refractivity contribution is 7.08. The Hall–Kier alpha value is -2.15. The molecular formula is C13H16N4O2S. The molecule has 0 aromatic carbocycles. The molecule has 0 fully saturated rings. The van der Waals surface area contributed by atoms with Crippen molar-refractivity contribution in [3.8, 4) is 0 Å². The van der Waals surface area contributed by atoms with Crippen molar-refractivity contribution in [3.05, 3.63) is 40.3 Å². The van der Waals surface area contributed by atoms with Crippen LogP contribution in [0.3, 0.4) is 0 Å². The number of aromatic nitrogens is 2. The fourth-order valence-corrected chi connectivity index (χ4v) is 2.33. The number of thiophene rings is 1. The number of hydrogen-bond donors (Lipinski definition) is 2. The van der Waals surface area contributed by atoms with Crippen molar-refractivity contribution in [1.29, 1.82) is 0 Å². The van der Waals surface area contributed by atoms with E-state index in [4.69, 9.17) is 0 Å². The molecule has 0 aliphatic heterocycles. The zero-order valence-corrected chi connectivity index (χ0v) is 11.9. The maximum atomic E-state index is 11.9. The minimum absolute atomic E-state index is 0.0168. The van der Waals surface area contributed by atoms with Crippen LogP contribution < -0.4 is 5.32 Å². The average Bonchev–Trinajstić information content (AvgIpc) is 3.11. The molecule has 2 N–H and O–H groups in total. The van der Waals surface area contributed by atoms with Crippen LogP contribution in [0.2, 0.25) is 0 Å². The smallest absolute Gasteiger partial charge is 0.252 e. The van der Waals surface area contributed by atoms with E-state index in [0.29, 0.717) is 18.7 Å². The Bertz CT molecular complexity index is 551. The van der Waals surface area contributed by atoms with Gasteiger partial charge >= 0.3 is 0 Å². The fourth-order valence-electron chi connectivity index (χ4n) is 1.70. The Balaban J connectivity index is 1.71. The van der Waals surface area contributed by atoms with E-state index in [-0.39, 0.29) is 18.2 Å². The lowest BCUT2D eigenvalue weighted by Gasteiger charge is -2.16. The van der Waals surface area contributed by atoms with Gasteiger partial charge in [0, 0.05) is 49.3 Å². The predicted octanol–water partition coefficient (Wildman–Crippen LogP) is 1.25. The molecule has 0 saturated heterocycles. The highest BCUT2D eigenvalue weighted by Gasteiger charge is 2.11. The average molecular weight is 292 g/mol. The molecule has 2 rings (SSSR count). The van der Waals surface area contributed by atoms with Crippen LogP contribution in [0.25, 0.3) is 0 Å². The fraction of sp³-hybridized carbons (Fsp3) is 0.308. The van der Waals surface area contributed by atoms with E-state index in [1.807, 2.05) is 5.38 Å². The van der Waals surface area contributed by atoms with Crippen LogP contribution >= 0.6 is 11.3 Å². The third-order valence-electron chi connectivity index (χ3n) is 2.81. The number of hydrogen-bond acceptors (Lipinski definition) is 4. The Morgan fingerprint density at radius 3 is 3.00 bits per heavy atom. The molecule has 20 heavy (non-hydrogen) atoms. The molecule has 7 heteroatoms. The molecule has 2 amide bonds. The van der Waals surface area contributed by atoms with Gasteiger partial charge in [0.15, 0.2) is 0 Å². The largest absolute Gasteiger partial charge is 0.351 e. The number of carbonyl (C=O) groups is 2. The minimum Gasteiger partial charge on any atom is -0.351 e. The molecule has 0 spiro atoms. The second-order valence-electron chi connectivity index (χ2n) is 4.37. The first-order valence-corrected chi connectivity index (χ1v) is 7.13. The zero-order chi connectivity index (χ0) is 14.4. The number of amides is 2. The SMILES string of the molecule is CN(Cc1cn[nH]c1)C(=O)CCNC(=O)c1ccsc1. The number of rotatable bonds is 6. The lowest BCUT2D eigenvalue weighted by molar-refractivity contribution is -0.130. The van der Waals surface area contributed by atoms with Crippen LogP contribution in [0, 0.1) is 0 Å². The number of H-pyrrole nitrogens is 1. The Morgan fingerprint density at radius 1 is 1.50 bits per heavy atom. The van der Waals surface area contributed by atoms with E-state index in [1.165, 1.54) is 11.3 Å². The van der Waals surface area contributed by atoms with E-state index in [0.717, 1.165) is 5.56 Å². The van der Waals surface area contributed by atoms with Crippen LogP contribution in [0.5, 0.6) is 0 Å². The van der Waals surface area contributed by atoms with Gasteiger partial charge in [0.05, 0.1) is 6.20 Å². The summed E-state index contributed by atoms with van der Waals surface area (Å²) in [6, 6.07) is 1.76. The van der Waals surface area contributed by atoms with Gasteiger partial charge in [-0.2, -0.15) is 16.4 Å². The van der Waals surface area contributed by atoms with Crippen LogP contribution in [-0.4, -0.2) is 40.5 Å². The molecule has 0 unspecified atom stereocenters. The van der Waals surface area contributed by atoms with Gasteiger partial charge in [-0.1, -0.05) is 0 Å². The van der Waals surface area contributed by atoms with Crippen molar-refractivity contribution in [2.24, 2.45) is 0 Å². The molecule has 2 aromatic heterocycles. The van der Waals surface area contributed by atoms with Crippen LogP contribution in [-0.2, 0) is 11.3 Å². The van der Waals surface area contributed by atoms with Crippen molar-refractivity contribution >= 4 is 23.2 Å². The summed E-state index contributed by atoms with van der Waals surface area (Å²) in [5.41, 5.74) is 1.58. The van der Waals surface area contributed by atoms with Gasteiger partial charge in [0.25, 0.3) is 5.91 Å². The summed E-state index contributed by atoms with van der Waals surface area (Å²) in [7, 11) is 1.73. The van der Waals surface area contributed by atoms with Gasteiger partial charge in [-0.15, -0.1) is 0 Å². The van der Waals surface area contributed by atoms with Crippen molar-refractivity contribution in [1.82, 2.24) is 20.4 Å². The molecule has 0 aliphatic carbocycles. The Labute approximate surface area is 120 Å². The lowest BCUT2D eigenvalue weighted by atomic mass is 10.3. The van der Waals surface area contributed by atoms with Gasteiger partial charge in [-0.05, 0) is 11.4 Å². The Kier molecular flexibility index (Phi) is 4.89. The van der Waals surface area contributed by atoms with Gasteiger partial charge in [-0.25, -0.2) is 0 Å². The summed E-state index contributed by atoms with van der Waals surface area (Å²) in [6.07, 6.45) is 3.72. The Morgan fingerprint density at radius 2 is 2.35 bits per heavy atom. The first kappa shape index (κ1) is 14.3. The van der Waals surface area contributed by atoms with E-state index >= 15 is 0 Å². The topological polar surface area (TPSA) is 78.1 Å². The van der Waals surface area contributed by atoms with Crippen molar-refractivity contribution in [2.75, 3.05) is 13.6 Å². The lowest BCUT2D eigenvalue weighted by Crippen LogP contribution is -2.31. The number of nitrogens with one attached hydrogen (secondary N) is 2. The quantitative estimate of drug-likeness (QED) is 0.841. The minimum atomic E-state index is -0.142. The van der Waals surface area contributed by atoms with E-state index < -0.39 is 0 Å². The molecule has 6 nitrogen and oxygen atoms in total. The standard InChI is InChI=1S/C13H16N4O2S/c1-17(8-10-6-15-16-7-10)12(18)2-4-14-13(19)11-3-5-20-9-11/h3,5-7,9H,2,4,8H2,1H3,(H,14,19)(H,15,16). The maximum absolute atomic E-state index is 11.9. The van der Waals surface area contributed by atoms with Crippen LogP contribution in [0.1, 0.15) is 22.3 Å². The molecule has 0 radical (unpaired) electrons. The second-order valence-corrected chi connectivity index (χ2v) is 5.15. The van der Waals surface area contributed by atoms with Crippen molar-refractivity contribution in [3.63, 3.8) is 0 Å². The number of nitrogens with zero attached hydrogens (tertiary/aromatic N) is 2. The summed E-state index contributed by atoms with van der Waals surface area (Å²) >= 11 is 1.47. The van der Waals surface area contributed by atoms with Gasteiger partial charge in [0.2, 0.25) is 5.91 Å². The highest BCUT2D eigenvalue weighted by Crippen LogP contribution is 2.05. The molecule has 0 saturated carbocycles. The van der Waals surface area contributed by atoms with Crippen molar-refractivity contribution in [2.45, 2.75) is 13.0 Å². The molecule has 0 bridgehead atoms. The monoisotopic (exact) mass is 292 g/mol. The summed E-state index contributed by atoms with van der Waals surface area (Å²) < 4.78 is 0. The van der Waals surface area contributed by atoms with Gasteiger partial charge in [0.1, 0.15) is 0 Å². The summed E-state index contributed by atoms with van der Waals surface area (Å²) in [5, 5.41) is 12.9. The highest BCUT2D eigenvalue weighted by atomic mass is 32.1. The molecule has 0 atom stereocenters. The zero-order valence-electron chi connectivity index (χ0n) is 11.1. The van der Waals surface area contributed by atoms with E-state index in [1.54, 1.807) is 35.8 Å². The van der Waals surface area contributed by atoms with E-state index in [9.17, 15) is 9.59 Å². The summed E-state index contributed by atoms with van der Waals surface area (Å²) in [5.74, 6) is -0.159. The molecular weight excluding hydrogens is 276 g/mol. The summed E-state index contributed by atoms with van der Waals surface area (Å²) in [4.78, 5) is 25.2. The molecule has 0 aliphatic rings. The second kappa shape index (κ2) is 6.85. The number of aromatic amines is 1. The molecule has 106 valence electrons. The predicted molar refractivity (Wildman–Crippen MR) is 76.3 cm³/mol. The molecule has 2 aromatic rings. The van der Waals surface area contributed by atoms with E-state index in [2.05, 4.69) is 15.5 Å². The number of carbonyl (C=O) groups excluding carboxylic acids is 2. The van der Waals surface area contributed by atoms with Gasteiger partial charge < -0.3 is 10.2 Å². The van der Waals surface area contributed by atoms with Crippen molar-refractivity contribution < 1.29 is 9.59 Å². The first-order chi connectivity index (χ1) is 9.66. The summed E-state index contributed by atoms with van der Waals surface area (Å²) in [6.45, 7) is 0.844. The maximum Gasteiger partial charge on any atom is 0.252 e. The third-order valence-corrected chi connectivity index (χ3v) is 3.49. The van der Waals surface area contributed by atoms with Crippen LogP contribution in [0.4, 0.5) is 0 Å². The van der Waals surface area contributed by atoms with Gasteiger partial charge in [-0.3, -0.25) is 14.7 Å². The molecule has 2 heterocycles. The third kappa shape index (κ3) is 3.92. The van der Waals surface area contributed by atoms with Crippen LogP contribution in [0.15, 0.2) is 29.2 Å².